The Labute approximate surface area is 97.6 Å². The van der Waals surface area contributed by atoms with Crippen LogP contribution >= 0.6 is 23.1 Å². The van der Waals surface area contributed by atoms with Crippen LogP contribution in [0.2, 0.25) is 0 Å². The van der Waals surface area contributed by atoms with Gasteiger partial charge >= 0.3 is 5.97 Å². The summed E-state index contributed by atoms with van der Waals surface area (Å²) >= 11 is 3.22. The van der Waals surface area contributed by atoms with Gasteiger partial charge in [0.2, 0.25) is 0 Å². The molecule has 0 saturated heterocycles. The molecule has 1 heterocycles. The molecule has 5 heteroatoms. The molecule has 0 aliphatic heterocycles. The third-order valence-electron chi connectivity index (χ3n) is 1.77. The number of aromatic nitrogens is 1. The highest BCUT2D eigenvalue weighted by molar-refractivity contribution is 8.01. The predicted octanol–water partition coefficient (Wildman–Crippen LogP) is 2.74. The fraction of sp³-hybridized carbons (Fsp3) is 0.400. The molecular formula is C10H13NO2S2. The van der Waals surface area contributed by atoms with Gasteiger partial charge in [-0.3, -0.25) is 0 Å². The first-order valence-corrected chi connectivity index (χ1v) is 6.44. The number of hydrogen-bond acceptors (Lipinski definition) is 5. The van der Waals surface area contributed by atoms with Crippen LogP contribution in [-0.4, -0.2) is 23.8 Å². The van der Waals surface area contributed by atoms with Crippen LogP contribution in [0.3, 0.4) is 0 Å². The zero-order valence-corrected chi connectivity index (χ0v) is 10.4. The molecule has 0 saturated carbocycles. The van der Waals surface area contributed by atoms with Gasteiger partial charge in [-0.25, -0.2) is 9.78 Å². The van der Waals surface area contributed by atoms with E-state index in [2.05, 4.69) is 9.72 Å². The van der Waals surface area contributed by atoms with Crippen molar-refractivity contribution < 1.29 is 9.53 Å². The van der Waals surface area contributed by atoms with E-state index in [1.807, 2.05) is 18.4 Å². The Hall–Kier alpha value is -0.810. The van der Waals surface area contributed by atoms with Gasteiger partial charge < -0.3 is 4.74 Å². The monoisotopic (exact) mass is 243 g/mol. The third-order valence-corrected chi connectivity index (χ3v) is 3.67. The van der Waals surface area contributed by atoms with E-state index in [9.17, 15) is 4.79 Å². The van der Waals surface area contributed by atoms with Crippen LogP contribution in [0.1, 0.15) is 13.3 Å². The molecule has 0 aliphatic rings. The van der Waals surface area contributed by atoms with Crippen molar-refractivity contribution in [2.45, 2.75) is 17.7 Å². The van der Waals surface area contributed by atoms with Crippen molar-refractivity contribution in [3.63, 3.8) is 0 Å². The normalized spacial score (nSPS) is 11.5. The molecule has 0 N–H and O–H groups in total. The number of thiazole rings is 1. The maximum absolute atomic E-state index is 11.2. The number of rotatable bonds is 5. The maximum atomic E-state index is 11.2. The van der Waals surface area contributed by atoms with Crippen LogP contribution in [0, 0.1) is 0 Å². The van der Waals surface area contributed by atoms with Crippen molar-refractivity contribution in [2.75, 3.05) is 12.9 Å². The van der Waals surface area contributed by atoms with Crippen molar-refractivity contribution in [3.8, 4) is 0 Å². The van der Waals surface area contributed by atoms with Gasteiger partial charge in [-0.05, 0) is 6.42 Å². The Bertz CT molecular complexity index is 333. The molecule has 0 aliphatic carbocycles. The second-order valence-electron chi connectivity index (χ2n) is 2.68. The van der Waals surface area contributed by atoms with Gasteiger partial charge in [0.25, 0.3) is 0 Å². The maximum Gasteiger partial charge on any atom is 0.333 e. The number of carbonyl (C=O) groups excluding carboxylic acids is 1. The summed E-state index contributed by atoms with van der Waals surface area (Å²) in [6, 6.07) is 0. The first kappa shape index (κ1) is 12.3. The zero-order valence-electron chi connectivity index (χ0n) is 8.73. The lowest BCUT2D eigenvalue weighted by Gasteiger charge is -2.01. The van der Waals surface area contributed by atoms with E-state index >= 15 is 0 Å². The molecule has 0 fully saturated rings. The lowest BCUT2D eigenvalue weighted by molar-refractivity contribution is -0.136. The van der Waals surface area contributed by atoms with Crippen molar-refractivity contribution >= 4 is 29.1 Å². The minimum Gasteiger partial charge on any atom is -0.466 e. The number of hydrogen-bond donors (Lipinski definition) is 0. The average molecular weight is 243 g/mol. The zero-order chi connectivity index (χ0) is 11.1. The topological polar surface area (TPSA) is 39.2 Å². The Kier molecular flexibility index (Phi) is 5.42. The number of methoxy groups -OCH3 is 1. The van der Waals surface area contributed by atoms with Crippen LogP contribution in [0.5, 0.6) is 0 Å². The van der Waals surface area contributed by atoms with E-state index < -0.39 is 0 Å². The molecule has 1 rings (SSSR count). The molecule has 0 bridgehead atoms. The quantitative estimate of drug-likeness (QED) is 0.453. The molecule has 1 aromatic rings. The largest absolute Gasteiger partial charge is 0.466 e. The fourth-order valence-electron chi connectivity index (χ4n) is 0.998. The van der Waals surface area contributed by atoms with E-state index in [4.69, 9.17) is 0 Å². The second kappa shape index (κ2) is 6.63. The fourth-order valence-corrected chi connectivity index (χ4v) is 2.56. The molecule has 0 amide bonds. The summed E-state index contributed by atoms with van der Waals surface area (Å²) in [6.07, 6.45) is 4.38. The highest BCUT2D eigenvalue weighted by Crippen LogP contribution is 2.20. The summed E-state index contributed by atoms with van der Waals surface area (Å²) in [6.45, 7) is 1.94. The van der Waals surface area contributed by atoms with E-state index in [0.717, 1.165) is 15.7 Å². The summed E-state index contributed by atoms with van der Waals surface area (Å²) < 4.78 is 5.68. The predicted molar refractivity (Wildman–Crippen MR) is 63.2 cm³/mol. The number of thioether (sulfide) groups is 1. The third kappa shape index (κ3) is 4.05. The summed E-state index contributed by atoms with van der Waals surface area (Å²) in [5.41, 5.74) is 0.724. The number of nitrogens with zero attached hydrogens (tertiary/aromatic N) is 1. The highest BCUT2D eigenvalue weighted by Gasteiger charge is 2.06. The second-order valence-corrected chi connectivity index (χ2v) is 4.85. The van der Waals surface area contributed by atoms with Gasteiger partial charge in [-0.1, -0.05) is 24.8 Å². The summed E-state index contributed by atoms with van der Waals surface area (Å²) in [5, 5.41) is 1.94. The van der Waals surface area contributed by atoms with Crippen LogP contribution in [0.15, 0.2) is 27.6 Å². The molecule has 0 atom stereocenters. The van der Waals surface area contributed by atoms with Gasteiger partial charge in [0.1, 0.15) is 4.34 Å². The molecule has 0 spiro atoms. The minimum absolute atomic E-state index is 0.239. The highest BCUT2D eigenvalue weighted by atomic mass is 32.2. The molecule has 3 nitrogen and oxygen atoms in total. The average Bonchev–Trinajstić information content (AvgIpc) is 2.76. The standard InChI is InChI=1S/C10H13NO2S2/c1-3-8(9(12)13-2)4-6-14-10-11-5-7-15-10/h4-5,7H,3,6H2,1-2H3. The summed E-state index contributed by atoms with van der Waals surface area (Å²) in [5.74, 6) is 0.517. The van der Waals surface area contributed by atoms with Crippen molar-refractivity contribution in [3.05, 3.63) is 23.2 Å². The lowest BCUT2D eigenvalue weighted by atomic mass is 10.2. The van der Waals surface area contributed by atoms with Gasteiger partial charge in [0.15, 0.2) is 0 Å². The first-order valence-electron chi connectivity index (χ1n) is 4.57. The van der Waals surface area contributed by atoms with E-state index in [-0.39, 0.29) is 5.97 Å². The van der Waals surface area contributed by atoms with Gasteiger partial charge in [0.05, 0.1) is 7.11 Å². The lowest BCUT2D eigenvalue weighted by Crippen LogP contribution is -2.04. The minimum atomic E-state index is -0.239. The number of ether oxygens (including phenoxy) is 1. The van der Waals surface area contributed by atoms with E-state index in [0.29, 0.717) is 6.42 Å². The molecular weight excluding hydrogens is 230 g/mol. The van der Waals surface area contributed by atoms with Crippen molar-refractivity contribution in [1.29, 1.82) is 0 Å². The SMILES string of the molecule is CCC(=CCSc1nccs1)C(=O)OC. The molecule has 0 unspecified atom stereocenters. The first-order chi connectivity index (χ1) is 7.27. The van der Waals surface area contributed by atoms with Gasteiger partial charge in [-0.2, -0.15) is 0 Å². The molecule has 15 heavy (non-hydrogen) atoms. The van der Waals surface area contributed by atoms with Crippen LogP contribution in [0.4, 0.5) is 0 Å². The Balaban J connectivity index is 2.44. The van der Waals surface area contributed by atoms with E-state index in [1.165, 1.54) is 7.11 Å². The van der Waals surface area contributed by atoms with Gasteiger partial charge in [0, 0.05) is 22.9 Å². The van der Waals surface area contributed by atoms with Crippen LogP contribution in [0.25, 0.3) is 0 Å². The molecule has 0 radical (unpaired) electrons. The Morgan fingerprint density at radius 3 is 3.07 bits per heavy atom. The summed E-state index contributed by atoms with van der Waals surface area (Å²) in [7, 11) is 1.40. The Morgan fingerprint density at radius 2 is 2.53 bits per heavy atom. The molecule has 1 aromatic heterocycles. The summed E-state index contributed by atoms with van der Waals surface area (Å²) in [4.78, 5) is 15.4. The van der Waals surface area contributed by atoms with Gasteiger partial charge in [-0.15, -0.1) is 11.3 Å². The number of esters is 1. The van der Waals surface area contributed by atoms with Crippen molar-refractivity contribution in [2.24, 2.45) is 0 Å². The van der Waals surface area contributed by atoms with E-state index in [1.54, 1.807) is 29.3 Å². The van der Waals surface area contributed by atoms with Crippen LogP contribution in [-0.2, 0) is 9.53 Å². The van der Waals surface area contributed by atoms with Crippen molar-refractivity contribution in [1.82, 2.24) is 4.98 Å². The Morgan fingerprint density at radius 1 is 1.73 bits per heavy atom. The van der Waals surface area contributed by atoms with Crippen LogP contribution < -0.4 is 0 Å². The smallest absolute Gasteiger partial charge is 0.333 e. The molecule has 82 valence electrons. The number of carbonyl (C=O) groups is 1. The molecule has 0 aromatic carbocycles.